The summed E-state index contributed by atoms with van der Waals surface area (Å²) in [7, 11) is -1.32. The zero-order valence-electron chi connectivity index (χ0n) is 13.1. The number of hydrogen-bond acceptors (Lipinski definition) is 5. The van der Waals surface area contributed by atoms with E-state index in [1.807, 2.05) is 0 Å². The zero-order chi connectivity index (χ0) is 19.9. The lowest BCUT2D eigenvalue weighted by atomic mass is 10.1. The van der Waals surface area contributed by atoms with Crippen LogP contribution in [0.25, 0.3) is 0 Å². The molecule has 1 heterocycles. The molecule has 146 valence electrons. The molecule has 0 saturated carbocycles. The van der Waals surface area contributed by atoms with Crippen LogP contribution < -0.4 is 19.5 Å². The van der Waals surface area contributed by atoms with Crippen molar-refractivity contribution in [1.82, 2.24) is 0 Å². The van der Waals surface area contributed by atoms with Crippen molar-refractivity contribution in [2.45, 2.75) is 24.9 Å². The number of phenols is 1. The molecule has 1 atom stereocenters. The van der Waals surface area contributed by atoms with Gasteiger partial charge in [-0.25, -0.2) is 0 Å². The van der Waals surface area contributed by atoms with Crippen molar-refractivity contribution >= 4 is 13.9 Å². The van der Waals surface area contributed by atoms with Gasteiger partial charge in [-0.05, 0) is 6.92 Å². The Kier molecular flexibility index (Phi) is 5.26. The van der Waals surface area contributed by atoms with Crippen LogP contribution in [0.4, 0.5) is 26.3 Å². The van der Waals surface area contributed by atoms with E-state index in [0.717, 1.165) is 0 Å². The second-order valence-corrected chi connectivity index (χ2v) is 6.55. The number of ether oxygens (including phenoxy) is 3. The van der Waals surface area contributed by atoms with E-state index < -0.39 is 38.4 Å². The first kappa shape index (κ1) is 20.4. The minimum absolute atomic E-state index is 0.0240. The summed E-state index contributed by atoms with van der Waals surface area (Å²) < 4.78 is 92.0. The van der Waals surface area contributed by atoms with Crippen LogP contribution >= 0.6 is 8.58 Å². The molecule has 1 aromatic rings. The van der Waals surface area contributed by atoms with Gasteiger partial charge in [0.25, 0.3) is 5.60 Å². The number of benzene rings is 1. The molecule has 5 nitrogen and oxygen atoms in total. The van der Waals surface area contributed by atoms with Gasteiger partial charge in [-0.15, -0.1) is 0 Å². The SMILES string of the molecule is C=C(C)Oc1cc2c(c(PCC(O)(C(F)(F)F)C(F)(F)F)c1O)OCO2. The Bertz CT molecular complexity index is 701. The number of aromatic hydroxyl groups is 1. The number of rotatable bonds is 5. The first-order valence-corrected chi connectivity index (χ1v) is 8.07. The van der Waals surface area contributed by atoms with E-state index in [0.29, 0.717) is 0 Å². The number of fused-ring (bicyclic) bond motifs is 1. The maximum absolute atomic E-state index is 12.8. The summed E-state index contributed by atoms with van der Waals surface area (Å²) in [6, 6.07) is 1.17. The topological polar surface area (TPSA) is 68.2 Å². The van der Waals surface area contributed by atoms with Crippen molar-refractivity contribution in [2.75, 3.05) is 13.0 Å². The minimum atomic E-state index is -5.96. The second kappa shape index (κ2) is 6.70. The van der Waals surface area contributed by atoms with E-state index in [-0.39, 0.29) is 35.1 Å². The molecule has 2 rings (SSSR count). The molecule has 0 aliphatic carbocycles. The smallest absolute Gasteiger partial charge is 0.426 e. The third kappa shape index (κ3) is 3.64. The summed E-state index contributed by atoms with van der Waals surface area (Å²) in [5, 5.41) is 19.0. The van der Waals surface area contributed by atoms with Crippen molar-refractivity contribution in [1.29, 1.82) is 0 Å². The Labute approximate surface area is 144 Å². The summed E-state index contributed by atoms with van der Waals surface area (Å²) >= 11 is 0. The second-order valence-electron chi connectivity index (χ2n) is 5.35. The van der Waals surface area contributed by atoms with Crippen LogP contribution in [0.3, 0.4) is 0 Å². The average molecular weight is 406 g/mol. The van der Waals surface area contributed by atoms with E-state index in [4.69, 9.17) is 14.2 Å². The van der Waals surface area contributed by atoms with Gasteiger partial charge in [-0.3, -0.25) is 0 Å². The Morgan fingerprint density at radius 1 is 1.23 bits per heavy atom. The minimum Gasteiger partial charge on any atom is -0.504 e. The van der Waals surface area contributed by atoms with Crippen LogP contribution in [0.15, 0.2) is 18.4 Å². The molecule has 1 aliphatic heterocycles. The first-order chi connectivity index (χ1) is 11.8. The van der Waals surface area contributed by atoms with Crippen molar-refractivity contribution in [2.24, 2.45) is 0 Å². The summed E-state index contributed by atoms with van der Waals surface area (Å²) in [4.78, 5) is 0. The van der Waals surface area contributed by atoms with Crippen molar-refractivity contribution in [3.05, 3.63) is 18.4 Å². The highest BCUT2D eigenvalue weighted by Gasteiger charge is 2.69. The third-order valence-corrected chi connectivity index (χ3v) is 4.85. The Morgan fingerprint density at radius 2 is 1.81 bits per heavy atom. The summed E-state index contributed by atoms with van der Waals surface area (Å²) in [5.41, 5.74) is -4.94. The van der Waals surface area contributed by atoms with Gasteiger partial charge < -0.3 is 24.4 Å². The lowest BCUT2D eigenvalue weighted by molar-refractivity contribution is -0.358. The zero-order valence-corrected chi connectivity index (χ0v) is 14.1. The first-order valence-electron chi connectivity index (χ1n) is 6.86. The highest BCUT2D eigenvalue weighted by molar-refractivity contribution is 7.48. The van der Waals surface area contributed by atoms with Gasteiger partial charge in [0, 0.05) is 12.2 Å². The number of hydrogen-bond donors (Lipinski definition) is 2. The quantitative estimate of drug-likeness (QED) is 0.447. The van der Waals surface area contributed by atoms with E-state index in [2.05, 4.69) is 6.58 Å². The predicted molar refractivity (Wildman–Crippen MR) is 79.5 cm³/mol. The fourth-order valence-electron chi connectivity index (χ4n) is 2.02. The van der Waals surface area contributed by atoms with Crippen molar-refractivity contribution in [3.63, 3.8) is 0 Å². The van der Waals surface area contributed by atoms with Gasteiger partial charge in [0.1, 0.15) is 0 Å². The number of allylic oxidation sites excluding steroid dienone is 1. The molecule has 2 N–H and O–H groups in total. The predicted octanol–water partition coefficient (Wildman–Crippen LogP) is 3.19. The van der Waals surface area contributed by atoms with Crippen LogP contribution in [-0.2, 0) is 0 Å². The Morgan fingerprint density at radius 3 is 2.31 bits per heavy atom. The number of alkyl halides is 6. The molecule has 0 amide bonds. The number of aliphatic hydroxyl groups is 1. The van der Waals surface area contributed by atoms with Crippen LogP contribution in [0.2, 0.25) is 0 Å². The van der Waals surface area contributed by atoms with E-state index >= 15 is 0 Å². The molecule has 0 fully saturated rings. The van der Waals surface area contributed by atoms with Gasteiger partial charge in [0.05, 0.1) is 11.1 Å². The molecule has 1 aromatic carbocycles. The van der Waals surface area contributed by atoms with Gasteiger partial charge in [-0.2, -0.15) is 26.3 Å². The van der Waals surface area contributed by atoms with Gasteiger partial charge in [-0.1, -0.05) is 15.2 Å². The number of halogens is 6. The lowest BCUT2D eigenvalue weighted by Gasteiger charge is -2.32. The monoisotopic (exact) mass is 406 g/mol. The fraction of sp³-hybridized carbons (Fsp3) is 0.429. The summed E-state index contributed by atoms with van der Waals surface area (Å²) in [6.07, 6.45) is -13.7. The molecule has 0 bridgehead atoms. The Hall–Kier alpha value is -1.87. The largest absolute Gasteiger partial charge is 0.504 e. The fourth-order valence-corrected chi connectivity index (χ4v) is 3.50. The lowest BCUT2D eigenvalue weighted by Crippen LogP contribution is -2.58. The number of phenolic OH excluding ortho intramolecular Hbond substituents is 1. The highest BCUT2D eigenvalue weighted by Crippen LogP contribution is 2.49. The Balaban J connectivity index is 2.43. The summed E-state index contributed by atoms with van der Waals surface area (Å²) in [5.74, 6) is -1.12. The molecule has 0 spiro atoms. The van der Waals surface area contributed by atoms with Gasteiger partial charge >= 0.3 is 12.4 Å². The maximum atomic E-state index is 12.8. The standard InChI is InChI=1S/C14H13F6O5P/c1-6(2)25-7-3-8-10(24-5-23-8)11(9(7)21)26-4-12(22,13(15,16)17)14(18,19)20/h3,21-22,26H,1,4-5H2,2H3. The summed E-state index contributed by atoms with van der Waals surface area (Å²) in [6.45, 7) is 4.50. The van der Waals surface area contributed by atoms with Crippen molar-refractivity contribution in [3.8, 4) is 23.0 Å². The molecule has 12 heteroatoms. The molecule has 26 heavy (non-hydrogen) atoms. The van der Waals surface area contributed by atoms with Crippen LogP contribution in [-0.4, -0.2) is 41.1 Å². The van der Waals surface area contributed by atoms with E-state index in [1.165, 1.54) is 13.0 Å². The normalized spacial score (nSPS) is 14.9. The third-order valence-electron chi connectivity index (χ3n) is 3.34. The van der Waals surface area contributed by atoms with Gasteiger partial charge in [0.15, 0.2) is 23.0 Å². The molecule has 1 aliphatic rings. The van der Waals surface area contributed by atoms with Crippen LogP contribution in [0.1, 0.15) is 6.92 Å². The van der Waals surface area contributed by atoms with Crippen LogP contribution in [0, 0.1) is 0 Å². The molecular formula is C14H13F6O5P. The highest BCUT2D eigenvalue weighted by atomic mass is 31.1. The molecule has 0 radical (unpaired) electrons. The molecular weight excluding hydrogens is 393 g/mol. The van der Waals surface area contributed by atoms with Gasteiger partial charge in [0.2, 0.25) is 6.79 Å². The molecule has 0 saturated heterocycles. The maximum Gasteiger partial charge on any atom is 0.426 e. The van der Waals surface area contributed by atoms with Crippen molar-refractivity contribution < 1.29 is 50.8 Å². The molecule has 0 aromatic heterocycles. The molecule has 1 unspecified atom stereocenters. The average Bonchev–Trinajstić information content (AvgIpc) is 2.91. The van der Waals surface area contributed by atoms with E-state index in [9.17, 15) is 36.6 Å². The van der Waals surface area contributed by atoms with Crippen LogP contribution in [0.5, 0.6) is 23.0 Å². The van der Waals surface area contributed by atoms with E-state index in [1.54, 1.807) is 0 Å².